The first-order valence-corrected chi connectivity index (χ1v) is 7.73. The summed E-state index contributed by atoms with van der Waals surface area (Å²) in [5.74, 6) is 0.750. The second-order valence-corrected chi connectivity index (χ2v) is 6.13. The summed E-state index contributed by atoms with van der Waals surface area (Å²) in [6.45, 7) is 1.93. The zero-order chi connectivity index (χ0) is 14.5. The Morgan fingerprint density at radius 2 is 2.35 bits per heavy atom. The fourth-order valence-corrected chi connectivity index (χ4v) is 3.17. The van der Waals surface area contributed by atoms with Gasteiger partial charge in [0.25, 0.3) is 0 Å². The maximum atomic E-state index is 11.9. The number of carbonyl (C=O) groups excluding carboxylic acids is 1. The van der Waals surface area contributed by atoms with E-state index in [0.717, 1.165) is 10.0 Å². The molecule has 0 fully saturated rings. The number of carbonyl (C=O) groups is 1. The number of hydrogen-bond donors (Lipinski definition) is 2. The second kappa shape index (κ2) is 6.62. The van der Waals surface area contributed by atoms with E-state index < -0.39 is 0 Å². The van der Waals surface area contributed by atoms with Crippen LogP contribution in [0.2, 0.25) is 0 Å². The molecule has 0 radical (unpaired) electrons. The molecule has 1 aromatic heterocycles. The average Bonchev–Trinajstić information content (AvgIpc) is 2.84. The van der Waals surface area contributed by atoms with Crippen molar-refractivity contribution in [2.24, 2.45) is 0 Å². The summed E-state index contributed by atoms with van der Waals surface area (Å²) in [5.41, 5.74) is 7.84. The molecule has 0 unspecified atom stereocenters. The smallest absolute Gasteiger partial charge is 0.234 e. The molecule has 0 atom stereocenters. The maximum Gasteiger partial charge on any atom is 0.234 e. The summed E-state index contributed by atoms with van der Waals surface area (Å²) in [4.78, 5) is 16.2. The van der Waals surface area contributed by atoms with Crippen LogP contribution in [0, 0.1) is 6.92 Å². The van der Waals surface area contributed by atoms with E-state index in [-0.39, 0.29) is 5.91 Å². The SMILES string of the molecule is COc1cc(N)ccc1NC(=O)CSc1nc(C)cs1. The highest BCUT2D eigenvalue weighted by atomic mass is 32.2. The Morgan fingerprint density at radius 3 is 3.00 bits per heavy atom. The van der Waals surface area contributed by atoms with E-state index in [4.69, 9.17) is 10.5 Å². The standard InChI is InChI=1S/C13H15N3O2S2/c1-8-6-19-13(15-8)20-7-12(17)16-10-4-3-9(14)5-11(10)18-2/h3-6H,7,14H2,1-2H3,(H,16,17). The van der Waals surface area contributed by atoms with Crippen LogP contribution in [-0.2, 0) is 4.79 Å². The van der Waals surface area contributed by atoms with E-state index in [2.05, 4.69) is 10.3 Å². The molecule has 1 aromatic carbocycles. The molecule has 7 heteroatoms. The minimum absolute atomic E-state index is 0.106. The van der Waals surface area contributed by atoms with Gasteiger partial charge in [0, 0.05) is 22.8 Å². The van der Waals surface area contributed by atoms with Crippen LogP contribution in [-0.4, -0.2) is 23.8 Å². The number of benzene rings is 1. The Hall–Kier alpha value is -1.73. The van der Waals surface area contributed by atoms with Gasteiger partial charge in [-0.3, -0.25) is 4.79 Å². The number of rotatable bonds is 5. The topological polar surface area (TPSA) is 77.2 Å². The Bertz CT molecular complexity index is 613. The van der Waals surface area contributed by atoms with Crippen LogP contribution in [0.25, 0.3) is 0 Å². The number of thioether (sulfide) groups is 1. The van der Waals surface area contributed by atoms with Crippen LogP contribution in [0.4, 0.5) is 11.4 Å². The molecule has 0 saturated carbocycles. The molecule has 1 amide bonds. The molecule has 0 saturated heterocycles. The summed E-state index contributed by atoms with van der Waals surface area (Å²) >= 11 is 2.95. The first-order chi connectivity index (χ1) is 9.58. The van der Waals surface area contributed by atoms with E-state index in [0.29, 0.717) is 22.9 Å². The molecule has 20 heavy (non-hydrogen) atoms. The molecule has 0 bridgehead atoms. The number of hydrogen-bond acceptors (Lipinski definition) is 6. The molecule has 106 valence electrons. The molecular formula is C13H15N3O2S2. The van der Waals surface area contributed by atoms with Crippen molar-refractivity contribution in [2.75, 3.05) is 23.9 Å². The molecule has 3 N–H and O–H groups in total. The summed E-state index contributed by atoms with van der Waals surface area (Å²) < 4.78 is 6.07. The molecule has 1 heterocycles. The van der Waals surface area contributed by atoms with Gasteiger partial charge in [0.05, 0.1) is 18.6 Å². The highest BCUT2D eigenvalue weighted by Gasteiger charge is 2.09. The van der Waals surface area contributed by atoms with Gasteiger partial charge in [0.1, 0.15) is 5.75 Å². The third-order valence-corrected chi connectivity index (χ3v) is 4.56. The second-order valence-electron chi connectivity index (χ2n) is 4.05. The van der Waals surface area contributed by atoms with E-state index in [1.54, 1.807) is 18.2 Å². The minimum atomic E-state index is -0.106. The lowest BCUT2D eigenvalue weighted by atomic mass is 10.2. The number of amides is 1. The van der Waals surface area contributed by atoms with Gasteiger partial charge < -0.3 is 15.8 Å². The number of methoxy groups -OCH3 is 1. The van der Waals surface area contributed by atoms with Crippen LogP contribution in [0.3, 0.4) is 0 Å². The maximum absolute atomic E-state index is 11.9. The van der Waals surface area contributed by atoms with E-state index in [1.165, 1.54) is 30.2 Å². The van der Waals surface area contributed by atoms with Gasteiger partial charge in [-0.2, -0.15) is 0 Å². The molecule has 0 spiro atoms. The summed E-state index contributed by atoms with van der Waals surface area (Å²) in [7, 11) is 1.54. The van der Waals surface area contributed by atoms with Gasteiger partial charge in [0.2, 0.25) is 5.91 Å². The lowest BCUT2D eigenvalue weighted by Gasteiger charge is -2.10. The first-order valence-electron chi connectivity index (χ1n) is 5.87. The summed E-state index contributed by atoms with van der Waals surface area (Å²) in [6, 6.07) is 5.12. The van der Waals surface area contributed by atoms with Crippen molar-refractivity contribution in [3.8, 4) is 5.75 Å². The number of nitrogen functional groups attached to an aromatic ring is 1. The normalized spacial score (nSPS) is 10.3. The predicted molar refractivity (Wildman–Crippen MR) is 83.6 cm³/mol. The molecule has 0 aliphatic carbocycles. The van der Waals surface area contributed by atoms with E-state index >= 15 is 0 Å². The van der Waals surface area contributed by atoms with Crippen molar-refractivity contribution in [3.05, 3.63) is 29.3 Å². The van der Waals surface area contributed by atoms with Gasteiger partial charge in [0.15, 0.2) is 4.34 Å². The number of nitrogens with zero attached hydrogens (tertiary/aromatic N) is 1. The van der Waals surface area contributed by atoms with Crippen molar-refractivity contribution in [2.45, 2.75) is 11.3 Å². The van der Waals surface area contributed by atoms with Gasteiger partial charge >= 0.3 is 0 Å². The van der Waals surface area contributed by atoms with Crippen LogP contribution in [0.1, 0.15) is 5.69 Å². The Kier molecular flexibility index (Phi) is 4.86. The largest absolute Gasteiger partial charge is 0.494 e. The molecule has 5 nitrogen and oxygen atoms in total. The fraction of sp³-hybridized carbons (Fsp3) is 0.231. The predicted octanol–water partition coefficient (Wildman–Crippen LogP) is 2.77. The Labute approximate surface area is 125 Å². The van der Waals surface area contributed by atoms with Crippen molar-refractivity contribution in [1.29, 1.82) is 0 Å². The number of aryl methyl sites for hydroxylation is 1. The zero-order valence-electron chi connectivity index (χ0n) is 11.2. The first kappa shape index (κ1) is 14.7. The Morgan fingerprint density at radius 1 is 1.55 bits per heavy atom. The van der Waals surface area contributed by atoms with Crippen molar-refractivity contribution < 1.29 is 9.53 Å². The lowest BCUT2D eigenvalue weighted by molar-refractivity contribution is -0.113. The van der Waals surface area contributed by atoms with E-state index in [9.17, 15) is 4.79 Å². The number of anilines is 2. The van der Waals surface area contributed by atoms with Crippen molar-refractivity contribution in [1.82, 2.24) is 4.98 Å². The third kappa shape index (κ3) is 3.88. The quantitative estimate of drug-likeness (QED) is 0.656. The van der Waals surface area contributed by atoms with Crippen LogP contribution in [0.5, 0.6) is 5.75 Å². The minimum Gasteiger partial charge on any atom is -0.494 e. The Balaban J connectivity index is 1.94. The average molecular weight is 309 g/mol. The number of ether oxygens (including phenoxy) is 1. The molecule has 2 aromatic rings. The number of aromatic nitrogens is 1. The molecule has 0 aliphatic rings. The molecular weight excluding hydrogens is 294 g/mol. The fourth-order valence-electron chi connectivity index (χ4n) is 1.52. The zero-order valence-corrected chi connectivity index (χ0v) is 12.8. The highest BCUT2D eigenvalue weighted by Crippen LogP contribution is 2.27. The summed E-state index contributed by atoms with van der Waals surface area (Å²) in [6.07, 6.45) is 0. The van der Waals surface area contributed by atoms with Crippen LogP contribution >= 0.6 is 23.1 Å². The van der Waals surface area contributed by atoms with Gasteiger partial charge in [-0.15, -0.1) is 11.3 Å². The van der Waals surface area contributed by atoms with Crippen molar-refractivity contribution in [3.63, 3.8) is 0 Å². The van der Waals surface area contributed by atoms with E-state index in [1.807, 2.05) is 12.3 Å². The van der Waals surface area contributed by atoms with Crippen LogP contribution < -0.4 is 15.8 Å². The number of nitrogens with one attached hydrogen (secondary N) is 1. The van der Waals surface area contributed by atoms with Gasteiger partial charge in [-0.1, -0.05) is 11.8 Å². The van der Waals surface area contributed by atoms with Crippen LogP contribution in [0.15, 0.2) is 27.9 Å². The monoisotopic (exact) mass is 309 g/mol. The number of nitrogens with two attached hydrogens (primary N) is 1. The van der Waals surface area contributed by atoms with Crippen molar-refractivity contribution >= 4 is 40.4 Å². The van der Waals surface area contributed by atoms with Gasteiger partial charge in [-0.25, -0.2) is 4.98 Å². The number of thiazole rings is 1. The lowest BCUT2D eigenvalue weighted by Crippen LogP contribution is -2.14. The summed E-state index contributed by atoms with van der Waals surface area (Å²) in [5, 5.41) is 4.76. The third-order valence-electron chi connectivity index (χ3n) is 2.42. The molecule has 2 rings (SSSR count). The van der Waals surface area contributed by atoms with Gasteiger partial charge in [-0.05, 0) is 19.1 Å². The molecule has 0 aliphatic heterocycles. The highest BCUT2D eigenvalue weighted by molar-refractivity contribution is 8.01.